The maximum atomic E-state index is 12.6. The molecule has 0 bridgehead atoms. The minimum Gasteiger partial charge on any atom is -0.298 e. The van der Waals surface area contributed by atoms with Gasteiger partial charge in [0.05, 0.1) is 12.8 Å². The average molecular weight is 423 g/mol. The molecule has 4 rings (SSSR count). The third-order valence-corrected chi connectivity index (χ3v) is 5.12. The second-order valence-electron chi connectivity index (χ2n) is 6.88. The standard InChI is InChI=1S/C21H19ClN6O2/c1-13-7-9-14(10-8-13)11-23-26-20-24-18-17(19(29)25-21(30)27(18)2)28(20)12-15-5-3-4-6-16(15)22/h3-11H,12H2,1-2H3,(H,24,26)(H,25,29,30)/b23-11+. The Balaban J connectivity index is 1.79. The van der Waals surface area contributed by atoms with Crippen LogP contribution < -0.4 is 16.7 Å². The summed E-state index contributed by atoms with van der Waals surface area (Å²) in [7, 11) is 1.55. The van der Waals surface area contributed by atoms with Gasteiger partial charge in [0, 0.05) is 12.1 Å². The van der Waals surface area contributed by atoms with Gasteiger partial charge in [-0.05, 0) is 24.1 Å². The number of aromatic nitrogens is 4. The number of fused-ring (bicyclic) bond motifs is 1. The molecule has 0 aliphatic rings. The number of rotatable bonds is 5. The highest BCUT2D eigenvalue weighted by Crippen LogP contribution is 2.21. The van der Waals surface area contributed by atoms with Gasteiger partial charge < -0.3 is 0 Å². The van der Waals surface area contributed by atoms with Crippen molar-refractivity contribution in [1.82, 2.24) is 19.1 Å². The van der Waals surface area contributed by atoms with Crippen molar-refractivity contribution in [3.8, 4) is 0 Å². The van der Waals surface area contributed by atoms with Crippen LogP contribution in [0.25, 0.3) is 11.2 Å². The first-order chi connectivity index (χ1) is 14.4. The quantitative estimate of drug-likeness (QED) is 0.381. The second kappa shape index (κ2) is 8.00. The third kappa shape index (κ3) is 3.77. The minimum absolute atomic E-state index is 0.254. The van der Waals surface area contributed by atoms with Crippen molar-refractivity contribution in [2.45, 2.75) is 13.5 Å². The molecular weight excluding hydrogens is 404 g/mol. The van der Waals surface area contributed by atoms with Crippen LogP contribution in [-0.4, -0.2) is 25.3 Å². The minimum atomic E-state index is -0.537. The first kappa shape index (κ1) is 19.7. The number of aryl methyl sites for hydroxylation is 2. The third-order valence-electron chi connectivity index (χ3n) is 4.75. The number of imidazole rings is 1. The van der Waals surface area contributed by atoms with Crippen molar-refractivity contribution in [1.29, 1.82) is 0 Å². The van der Waals surface area contributed by atoms with Crippen LogP contribution in [0.2, 0.25) is 5.02 Å². The van der Waals surface area contributed by atoms with Gasteiger partial charge in [-0.2, -0.15) is 10.1 Å². The number of aromatic amines is 1. The lowest BCUT2D eigenvalue weighted by Crippen LogP contribution is -2.29. The summed E-state index contributed by atoms with van der Waals surface area (Å²) in [6, 6.07) is 15.2. The van der Waals surface area contributed by atoms with Gasteiger partial charge in [-0.3, -0.25) is 18.9 Å². The number of hydrogen-bond acceptors (Lipinski definition) is 5. The van der Waals surface area contributed by atoms with Crippen molar-refractivity contribution >= 4 is 34.9 Å². The summed E-state index contributed by atoms with van der Waals surface area (Å²) in [6.45, 7) is 2.29. The molecule has 2 N–H and O–H groups in total. The van der Waals surface area contributed by atoms with Crippen LogP contribution in [0.15, 0.2) is 63.2 Å². The van der Waals surface area contributed by atoms with Crippen molar-refractivity contribution in [3.05, 3.63) is 91.1 Å². The zero-order chi connectivity index (χ0) is 21.3. The van der Waals surface area contributed by atoms with Crippen LogP contribution in [0, 0.1) is 6.92 Å². The number of hydrazone groups is 1. The van der Waals surface area contributed by atoms with Crippen molar-refractivity contribution in [3.63, 3.8) is 0 Å². The van der Waals surface area contributed by atoms with E-state index in [1.54, 1.807) is 23.9 Å². The second-order valence-corrected chi connectivity index (χ2v) is 7.29. The highest BCUT2D eigenvalue weighted by Gasteiger charge is 2.18. The number of H-pyrrole nitrogens is 1. The Morgan fingerprint density at radius 3 is 2.63 bits per heavy atom. The van der Waals surface area contributed by atoms with E-state index in [2.05, 4.69) is 20.5 Å². The Bertz CT molecular complexity index is 1370. The van der Waals surface area contributed by atoms with Crippen LogP contribution in [0.3, 0.4) is 0 Å². The van der Waals surface area contributed by atoms with E-state index < -0.39 is 11.2 Å². The van der Waals surface area contributed by atoms with E-state index in [0.29, 0.717) is 11.0 Å². The Morgan fingerprint density at radius 2 is 1.90 bits per heavy atom. The van der Waals surface area contributed by atoms with Crippen LogP contribution in [-0.2, 0) is 13.6 Å². The summed E-state index contributed by atoms with van der Waals surface area (Å²) in [5.74, 6) is 0.319. The van der Waals surface area contributed by atoms with Gasteiger partial charge in [-0.15, -0.1) is 0 Å². The van der Waals surface area contributed by atoms with Gasteiger partial charge in [-0.25, -0.2) is 10.2 Å². The highest BCUT2D eigenvalue weighted by molar-refractivity contribution is 6.31. The Kier molecular flexibility index (Phi) is 5.24. The Hall–Kier alpha value is -3.65. The van der Waals surface area contributed by atoms with Crippen molar-refractivity contribution in [2.24, 2.45) is 12.1 Å². The molecule has 9 heteroatoms. The van der Waals surface area contributed by atoms with Gasteiger partial charge in [-0.1, -0.05) is 59.6 Å². The summed E-state index contributed by atoms with van der Waals surface area (Å²) in [5, 5.41) is 4.82. The molecule has 0 aliphatic carbocycles. The number of benzene rings is 2. The summed E-state index contributed by atoms with van der Waals surface area (Å²) < 4.78 is 2.94. The summed E-state index contributed by atoms with van der Waals surface area (Å²) in [6.07, 6.45) is 1.65. The molecule has 30 heavy (non-hydrogen) atoms. The van der Waals surface area contributed by atoms with E-state index in [4.69, 9.17) is 11.6 Å². The first-order valence-corrected chi connectivity index (χ1v) is 9.60. The lowest BCUT2D eigenvalue weighted by atomic mass is 10.2. The lowest BCUT2D eigenvalue weighted by molar-refractivity contribution is 0.808. The largest absolute Gasteiger partial charge is 0.329 e. The summed E-state index contributed by atoms with van der Waals surface area (Å²) in [5.41, 5.74) is 5.20. The molecule has 2 heterocycles. The van der Waals surface area contributed by atoms with Crippen LogP contribution in [0.4, 0.5) is 5.95 Å². The zero-order valence-electron chi connectivity index (χ0n) is 16.4. The fourth-order valence-electron chi connectivity index (χ4n) is 3.09. The van der Waals surface area contributed by atoms with Gasteiger partial charge in [0.15, 0.2) is 11.2 Å². The Morgan fingerprint density at radius 1 is 1.17 bits per heavy atom. The number of halogens is 1. The molecule has 2 aromatic carbocycles. The number of hydrogen-bond donors (Lipinski definition) is 2. The van der Waals surface area contributed by atoms with E-state index in [-0.39, 0.29) is 17.7 Å². The molecule has 0 saturated carbocycles. The molecule has 0 amide bonds. The fourth-order valence-corrected chi connectivity index (χ4v) is 3.28. The van der Waals surface area contributed by atoms with Crippen molar-refractivity contribution < 1.29 is 0 Å². The van der Waals surface area contributed by atoms with E-state index in [0.717, 1.165) is 16.7 Å². The van der Waals surface area contributed by atoms with Crippen LogP contribution in [0.1, 0.15) is 16.7 Å². The number of nitrogens with one attached hydrogen (secondary N) is 2. The monoisotopic (exact) mass is 422 g/mol. The van der Waals surface area contributed by atoms with Gasteiger partial charge >= 0.3 is 5.69 Å². The number of nitrogens with zero attached hydrogens (tertiary/aromatic N) is 4. The van der Waals surface area contributed by atoms with E-state index in [9.17, 15) is 9.59 Å². The average Bonchev–Trinajstić information content (AvgIpc) is 3.08. The molecule has 0 radical (unpaired) electrons. The molecule has 8 nitrogen and oxygen atoms in total. The molecule has 4 aromatic rings. The van der Waals surface area contributed by atoms with Crippen molar-refractivity contribution in [2.75, 3.05) is 5.43 Å². The normalized spacial score (nSPS) is 11.4. The van der Waals surface area contributed by atoms with Gasteiger partial charge in [0.1, 0.15) is 0 Å². The molecule has 0 fully saturated rings. The zero-order valence-corrected chi connectivity index (χ0v) is 17.1. The molecule has 0 saturated heterocycles. The molecule has 0 atom stereocenters. The molecular formula is C21H19ClN6O2. The van der Waals surface area contributed by atoms with E-state index in [1.165, 1.54) is 4.57 Å². The predicted molar refractivity (Wildman–Crippen MR) is 119 cm³/mol. The van der Waals surface area contributed by atoms with E-state index >= 15 is 0 Å². The van der Waals surface area contributed by atoms with Crippen LogP contribution in [0.5, 0.6) is 0 Å². The fraction of sp³-hybridized carbons (Fsp3) is 0.143. The lowest BCUT2D eigenvalue weighted by Gasteiger charge is -2.09. The Labute approximate surface area is 176 Å². The maximum Gasteiger partial charge on any atom is 0.329 e. The molecule has 2 aromatic heterocycles. The first-order valence-electron chi connectivity index (χ1n) is 9.23. The topological polar surface area (TPSA) is 97.1 Å². The van der Waals surface area contributed by atoms with Gasteiger partial charge in [0.25, 0.3) is 5.56 Å². The summed E-state index contributed by atoms with van der Waals surface area (Å²) >= 11 is 6.31. The molecule has 152 valence electrons. The smallest absolute Gasteiger partial charge is 0.298 e. The van der Waals surface area contributed by atoms with Crippen LogP contribution >= 0.6 is 11.6 Å². The SMILES string of the molecule is Cc1ccc(/C=N/Nc2nc3c(c(=O)[nH]c(=O)n3C)n2Cc2ccccc2Cl)cc1. The number of anilines is 1. The molecule has 0 aliphatic heterocycles. The summed E-state index contributed by atoms with van der Waals surface area (Å²) in [4.78, 5) is 31.3. The molecule has 0 spiro atoms. The van der Waals surface area contributed by atoms with E-state index in [1.807, 2.05) is 49.4 Å². The predicted octanol–water partition coefficient (Wildman–Crippen LogP) is 2.88. The maximum absolute atomic E-state index is 12.6. The molecule has 0 unspecified atom stereocenters. The van der Waals surface area contributed by atoms with Gasteiger partial charge in [0.2, 0.25) is 5.95 Å². The highest BCUT2D eigenvalue weighted by atomic mass is 35.5.